The number of sulfonamides is 1. The van der Waals surface area contributed by atoms with Gasteiger partial charge in [-0.1, -0.05) is 13.0 Å². The van der Waals surface area contributed by atoms with E-state index in [1.807, 2.05) is 19.1 Å². The lowest BCUT2D eigenvalue weighted by molar-refractivity contribution is 0.567. The fourth-order valence-electron chi connectivity index (χ4n) is 1.36. The average Bonchev–Trinajstić information content (AvgIpc) is 2.27. The van der Waals surface area contributed by atoms with Gasteiger partial charge < -0.3 is 0 Å². The van der Waals surface area contributed by atoms with Crippen LogP contribution in [0.25, 0.3) is 0 Å². The molecule has 1 N–H and O–H groups in total. The first-order valence-electron chi connectivity index (χ1n) is 5.38. The molecule has 0 aliphatic rings. The van der Waals surface area contributed by atoms with Crippen LogP contribution >= 0.6 is 11.6 Å². The molecule has 0 amide bonds. The Morgan fingerprint density at radius 3 is 2.82 bits per heavy atom. The summed E-state index contributed by atoms with van der Waals surface area (Å²) in [5.41, 5.74) is 1.72. The van der Waals surface area contributed by atoms with Gasteiger partial charge in [0.1, 0.15) is 0 Å². The number of hydrogen-bond donors (Lipinski definition) is 1. The third kappa shape index (κ3) is 5.02. The van der Waals surface area contributed by atoms with Crippen LogP contribution in [-0.2, 0) is 16.6 Å². The highest BCUT2D eigenvalue weighted by Crippen LogP contribution is 2.05. The van der Waals surface area contributed by atoms with Gasteiger partial charge in [0.25, 0.3) is 0 Å². The predicted octanol–water partition coefficient (Wildman–Crippen LogP) is 1.68. The molecule has 17 heavy (non-hydrogen) atoms. The number of rotatable bonds is 6. The molecular weight excluding hydrogens is 260 g/mol. The Labute approximate surface area is 107 Å². The lowest BCUT2D eigenvalue weighted by Crippen LogP contribution is -2.29. The van der Waals surface area contributed by atoms with Crippen molar-refractivity contribution in [2.75, 3.05) is 11.6 Å². The molecule has 0 bridgehead atoms. The highest BCUT2D eigenvalue weighted by Gasteiger charge is 2.15. The first-order chi connectivity index (χ1) is 7.94. The third-order valence-electron chi connectivity index (χ3n) is 2.34. The molecule has 1 aromatic rings. The molecule has 0 aliphatic carbocycles. The first-order valence-corrected chi connectivity index (χ1v) is 7.57. The number of pyridine rings is 1. The van der Waals surface area contributed by atoms with Crippen molar-refractivity contribution in [1.82, 2.24) is 9.71 Å². The minimum atomic E-state index is -3.28. The topological polar surface area (TPSA) is 59.1 Å². The van der Waals surface area contributed by atoms with E-state index >= 15 is 0 Å². The second kappa shape index (κ2) is 6.33. The van der Waals surface area contributed by atoms with Crippen molar-refractivity contribution < 1.29 is 8.42 Å². The first kappa shape index (κ1) is 14.4. The van der Waals surface area contributed by atoms with Crippen LogP contribution in [0.15, 0.2) is 18.3 Å². The minimum absolute atomic E-state index is 0.0440. The molecule has 0 aliphatic heterocycles. The molecule has 0 radical (unpaired) electrons. The van der Waals surface area contributed by atoms with Crippen LogP contribution in [0.2, 0.25) is 0 Å². The van der Waals surface area contributed by atoms with Crippen molar-refractivity contribution in [2.45, 2.75) is 20.4 Å². The maximum atomic E-state index is 11.7. The predicted molar refractivity (Wildman–Crippen MR) is 69.5 cm³/mol. The molecule has 0 fully saturated rings. The molecule has 0 aromatic carbocycles. The van der Waals surface area contributed by atoms with Crippen LogP contribution < -0.4 is 4.72 Å². The van der Waals surface area contributed by atoms with E-state index in [1.165, 1.54) is 0 Å². The number of aromatic nitrogens is 1. The number of hydrogen-bond acceptors (Lipinski definition) is 3. The minimum Gasteiger partial charge on any atom is -0.260 e. The van der Waals surface area contributed by atoms with Crippen LogP contribution in [0.5, 0.6) is 0 Å². The van der Waals surface area contributed by atoms with E-state index in [-0.39, 0.29) is 18.2 Å². The van der Waals surface area contributed by atoms with Crippen molar-refractivity contribution in [2.24, 2.45) is 5.92 Å². The number of nitrogens with one attached hydrogen (secondary N) is 1. The molecule has 0 saturated carbocycles. The Kier molecular flexibility index (Phi) is 5.36. The van der Waals surface area contributed by atoms with Crippen molar-refractivity contribution >= 4 is 21.6 Å². The van der Waals surface area contributed by atoms with E-state index in [0.29, 0.717) is 5.88 Å². The molecule has 1 rings (SSSR count). The van der Waals surface area contributed by atoms with Gasteiger partial charge in [-0.3, -0.25) is 4.98 Å². The van der Waals surface area contributed by atoms with Crippen molar-refractivity contribution in [3.8, 4) is 0 Å². The highest BCUT2D eigenvalue weighted by molar-refractivity contribution is 7.89. The number of alkyl halides is 1. The van der Waals surface area contributed by atoms with Gasteiger partial charge in [-0.25, -0.2) is 13.1 Å². The van der Waals surface area contributed by atoms with Crippen LogP contribution in [-0.4, -0.2) is 25.0 Å². The second-order valence-corrected chi connectivity index (χ2v) is 6.29. The van der Waals surface area contributed by atoms with Gasteiger partial charge in [0.05, 0.1) is 18.0 Å². The van der Waals surface area contributed by atoms with Gasteiger partial charge in [0.2, 0.25) is 10.0 Å². The lowest BCUT2D eigenvalue weighted by Gasteiger charge is -2.10. The summed E-state index contributed by atoms with van der Waals surface area (Å²) >= 11 is 5.60. The maximum absolute atomic E-state index is 11.7. The highest BCUT2D eigenvalue weighted by atomic mass is 35.5. The molecule has 1 aromatic heterocycles. The Morgan fingerprint density at radius 2 is 2.24 bits per heavy atom. The van der Waals surface area contributed by atoms with Crippen LogP contribution in [0.4, 0.5) is 0 Å². The molecule has 0 spiro atoms. The molecule has 1 heterocycles. The van der Waals surface area contributed by atoms with Crippen LogP contribution in [0.3, 0.4) is 0 Å². The summed E-state index contributed by atoms with van der Waals surface area (Å²) < 4.78 is 25.9. The van der Waals surface area contributed by atoms with E-state index in [2.05, 4.69) is 9.71 Å². The SMILES string of the molecule is Cc1cccnc1CNS(=O)(=O)CC(C)CCl. The fraction of sp³-hybridized carbons (Fsp3) is 0.545. The summed E-state index contributed by atoms with van der Waals surface area (Å²) in [4.78, 5) is 4.13. The summed E-state index contributed by atoms with van der Waals surface area (Å²) in [6.45, 7) is 3.93. The molecule has 6 heteroatoms. The fourth-order valence-corrected chi connectivity index (χ4v) is 2.94. The number of halogens is 1. The van der Waals surface area contributed by atoms with Crippen molar-refractivity contribution in [1.29, 1.82) is 0 Å². The molecule has 4 nitrogen and oxygen atoms in total. The lowest BCUT2D eigenvalue weighted by atomic mass is 10.2. The van der Waals surface area contributed by atoms with Crippen molar-refractivity contribution in [3.63, 3.8) is 0 Å². The molecule has 96 valence electrons. The third-order valence-corrected chi connectivity index (χ3v) is 4.46. The normalized spacial score (nSPS) is 13.6. The van der Waals surface area contributed by atoms with E-state index in [1.54, 1.807) is 13.1 Å². The zero-order valence-corrected chi connectivity index (χ0v) is 11.6. The Hall–Kier alpha value is -0.650. The standard InChI is InChI=1S/C11H17ClN2O2S/c1-9(6-12)8-17(15,16)14-7-11-10(2)4-3-5-13-11/h3-5,9,14H,6-8H2,1-2H3. The van der Waals surface area contributed by atoms with E-state index in [4.69, 9.17) is 11.6 Å². The van der Waals surface area contributed by atoms with E-state index in [0.717, 1.165) is 11.3 Å². The van der Waals surface area contributed by atoms with Gasteiger partial charge in [-0.2, -0.15) is 0 Å². The van der Waals surface area contributed by atoms with Gasteiger partial charge in [-0.15, -0.1) is 11.6 Å². The zero-order valence-electron chi connectivity index (χ0n) is 9.98. The van der Waals surface area contributed by atoms with Gasteiger partial charge in [0.15, 0.2) is 0 Å². The summed E-state index contributed by atoms with van der Waals surface area (Å²) in [5, 5.41) is 0. The summed E-state index contributed by atoms with van der Waals surface area (Å²) in [5.74, 6) is 0.324. The quantitative estimate of drug-likeness (QED) is 0.805. The largest absolute Gasteiger partial charge is 0.260 e. The summed E-state index contributed by atoms with van der Waals surface area (Å²) in [6.07, 6.45) is 1.65. The molecule has 0 saturated heterocycles. The number of aryl methyl sites for hydroxylation is 1. The smallest absolute Gasteiger partial charge is 0.212 e. The molecular formula is C11H17ClN2O2S. The van der Waals surface area contributed by atoms with Gasteiger partial charge in [0, 0.05) is 12.1 Å². The Balaban J connectivity index is 2.59. The Bertz CT molecular complexity index is 462. The zero-order chi connectivity index (χ0) is 12.9. The summed E-state index contributed by atoms with van der Waals surface area (Å²) in [6, 6.07) is 3.72. The monoisotopic (exact) mass is 276 g/mol. The molecule has 1 unspecified atom stereocenters. The molecule has 1 atom stereocenters. The van der Waals surface area contributed by atoms with Gasteiger partial charge in [-0.05, 0) is 24.5 Å². The second-order valence-electron chi connectivity index (χ2n) is 4.13. The number of nitrogens with zero attached hydrogens (tertiary/aromatic N) is 1. The maximum Gasteiger partial charge on any atom is 0.212 e. The summed E-state index contributed by atoms with van der Waals surface area (Å²) in [7, 11) is -3.28. The van der Waals surface area contributed by atoms with Crippen LogP contribution in [0, 0.1) is 12.8 Å². The van der Waals surface area contributed by atoms with E-state index < -0.39 is 10.0 Å². The van der Waals surface area contributed by atoms with E-state index in [9.17, 15) is 8.42 Å². The van der Waals surface area contributed by atoms with Gasteiger partial charge >= 0.3 is 0 Å². The van der Waals surface area contributed by atoms with Crippen molar-refractivity contribution in [3.05, 3.63) is 29.6 Å². The van der Waals surface area contributed by atoms with Crippen LogP contribution in [0.1, 0.15) is 18.2 Å². The Morgan fingerprint density at radius 1 is 1.53 bits per heavy atom. The average molecular weight is 277 g/mol.